The number of ether oxygens (including phenoxy) is 2. The summed E-state index contributed by atoms with van der Waals surface area (Å²) >= 11 is 0. The van der Waals surface area contributed by atoms with Crippen molar-refractivity contribution in [3.8, 4) is 11.5 Å². The molecule has 1 saturated heterocycles. The summed E-state index contributed by atoms with van der Waals surface area (Å²) in [4.78, 5) is 39.6. The second-order valence-corrected chi connectivity index (χ2v) is 10.7. The van der Waals surface area contributed by atoms with Crippen molar-refractivity contribution in [2.45, 2.75) is 46.1 Å². The van der Waals surface area contributed by atoms with E-state index in [0.717, 1.165) is 16.7 Å². The third-order valence-corrected chi connectivity index (χ3v) is 7.24. The minimum absolute atomic E-state index is 0.0302. The maximum atomic E-state index is 13.5. The number of aryl methyl sites for hydroxylation is 3. The molecule has 0 aliphatic carbocycles. The molecule has 1 aliphatic heterocycles. The maximum absolute atomic E-state index is 13.5. The van der Waals surface area contributed by atoms with Crippen LogP contribution in [0.15, 0.2) is 72.8 Å². The van der Waals surface area contributed by atoms with E-state index in [9.17, 15) is 19.5 Å². The number of para-hydroxylation sites is 1. The van der Waals surface area contributed by atoms with Gasteiger partial charge in [0.25, 0.3) is 0 Å². The van der Waals surface area contributed by atoms with Crippen molar-refractivity contribution in [2.24, 2.45) is 11.8 Å². The largest absolute Gasteiger partial charge is 0.478 e. The van der Waals surface area contributed by atoms with Gasteiger partial charge in [-0.1, -0.05) is 60.7 Å². The zero-order chi connectivity index (χ0) is 28.2. The molecule has 3 aromatic rings. The number of benzene rings is 3. The van der Waals surface area contributed by atoms with Crippen molar-refractivity contribution in [1.82, 2.24) is 4.90 Å². The van der Waals surface area contributed by atoms with Gasteiger partial charge in [-0.05, 0) is 75.3 Å². The van der Waals surface area contributed by atoms with E-state index in [4.69, 9.17) is 9.47 Å². The maximum Gasteiger partial charge on any atom is 0.415 e. The molecule has 0 aromatic heterocycles. The molecule has 2 atom stereocenters. The van der Waals surface area contributed by atoms with Crippen molar-refractivity contribution >= 4 is 17.8 Å². The molecule has 0 spiro atoms. The number of nitrogens with zero attached hydrogens (tertiary/aromatic N) is 1. The third kappa shape index (κ3) is 6.66. The molecule has 204 valence electrons. The minimum atomic E-state index is -1.34. The summed E-state index contributed by atoms with van der Waals surface area (Å²) in [6.07, 6.45) is 0.955. The number of rotatable bonds is 9. The predicted molar refractivity (Wildman–Crippen MR) is 148 cm³/mol. The molecule has 4 rings (SSSR count). The van der Waals surface area contributed by atoms with Gasteiger partial charge in [0.2, 0.25) is 0 Å². The van der Waals surface area contributed by atoms with Crippen LogP contribution in [0.4, 0.5) is 4.79 Å². The Bertz CT molecular complexity index is 1310. The lowest BCUT2D eigenvalue weighted by atomic mass is 9.84. The molecule has 1 N–H and O–H groups in total. The fourth-order valence-corrected chi connectivity index (χ4v) is 5.08. The van der Waals surface area contributed by atoms with Gasteiger partial charge in [-0.15, -0.1) is 0 Å². The molecule has 1 fully saturated rings. The monoisotopic (exact) mass is 529 g/mol. The number of carbonyl (C=O) groups excluding carboxylic acids is 2. The minimum Gasteiger partial charge on any atom is -0.478 e. The molecule has 0 radical (unpaired) electrons. The summed E-state index contributed by atoms with van der Waals surface area (Å²) in [7, 11) is 0. The zero-order valence-corrected chi connectivity index (χ0v) is 22.8. The number of ketones is 1. The van der Waals surface area contributed by atoms with E-state index in [1.54, 1.807) is 29.2 Å². The molecule has 7 nitrogen and oxygen atoms in total. The average Bonchev–Trinajstić information content (AvgIpc) is 3.34. The standard InChI is InChI=1S/C32H35NO6/c1-21-17-23(18-22(2)29(21)39-32(3,4)30(35)36)15-16-25-19-33(31(37)38-26-13-9-6-10-14-26)20-27(25)28(34)24-11-7-5-8-12-24/h5-14,17-18,25,27H,15-16,19-20H2,1-4H3,(H,35,36)/t25-,27?/m0/s1. The van der Waals surface area contributed by atoms with Gasteiger partial charge in [0, 0.05) is 24.6 Å². The number of carboxylic acids is 1. The van der Waals surface area contributed by atoms with Crippen LogP contribution in [0.25, 0.3) is 0 Å². The van der Waals surface area contributed by atoms with Gasteiger partial charge in [-0.3, -0.25) is 4.79 Å². The van der Waals surface area contributed by atoms with Crippen LogP contribution < -0.4 is 9.47 Å². The Hall–Kier alpha value is -4.13. The van der Waals surface area contributed by atoms with E-state index in [-0.39, 0.29) is 17.6 Å². The molecule has 1 amide bonds. The second kappa shape index (κ2) is 11.7. The molecule has 7 heteroatoms. The zero-order valence-electron chi connectivity index (χ0n) is 22.8. The summed E-state index contributed by atoms with van der Waals surface area (Å²) in [5.74, 6) is -0.339. The number of carbonyl (C=O) groups is 3. The molecule has 1 aliphatic rings. The van der Waals surface area contributed by atoms with Gasteiger partial charge in [-0.25, -0.2) is 9.59 Å². The summed E-state index contributed by atoms with van der Waals surface area (Å²) in [5, 5.41) is 9.45. The van der Waals surface area contributed by atoms with Crippen LogP contribution >= 0.6 is 0 Å². The Kier molecular flexibility index (Phi) is 8.38. The summed E-state index contributed by atoms with van der Waals surface area (Å²) < 4.78 is 11.4. The van der Waals surface area contributed by atoms with Crippen LogP contribution in [0.2, 0.25) is 0 Å². The van der Waals surface area contributed by atoms with E-state index < -0.39 is 17.7 Å². The summed E-state index contributed by atoms with van der Waals surface area (Å²) in [5.41, 5.74) is 2.08. The first-order chi connectivity index (χ1) is 18.5. The molecular formula is C32H35NO6. The van der Waals surface area contributed by atoms with Crippen LogP contribution in [-0.4, -0.2) is 46.5 Å². The second-order valence-electron chi connectivity index (χ2n) is 10.7. The van der Waals surface area contributed by atoms with Crippen LogP contribution in [0.3, 0.4) is 0 Å². The van der Waals surface area contributed by atoms with E-state index in [2.05, 4.69) is 0 Å². The number of amides is 1. The third-order valence-electron chi connectivity index (χ3n) is 7.24. The van der Waals surface area contributed by atoms with E-state index >= 15 is 0 Å². The Balaban J connectivity index is 1.50. The van der Waals surface area contributed by atoms with Gasteiger partial charge in [0.05, 0.1) is 0 Å². The number of likely N-dealkylation sites (tertiary alicyclic amines) is 1. The highest BCUT2D eigenvalue weighted by Crippen LogP contribution is 2.33. The highest BCUT2D eigenvalue weighted by atomic mass is 16.6. The van der Waals surface area contributed by atoms with Gasteiger partial charge in [0.15, 0.2) is 11.4 Å². The molecule has 1 unspecified atom stereocenters. The van der Waals surface area contributed by atoms with Gasteiger partial charge >= 0.3 is 12.1 Å². The first kappa shape index (κ1) is 27.9. The number of hydrogen-bond donors (Lipinski definition) is 1. The SMILES string of the molecule is Cc1cc(CC[C@H]2CN(C(=O)Oc3ccccc3)CC2C(=O)c2ccccc2)cc(C)c1OC(C)(C)C(=O)O. The molecule has 1 heterocycles. The fourth-order valence-electron chi connectivity index (χ4n) is 5.08. The van der Waals surface area contributed by atoms with Gasteiger partial charge in [-0.2, -0.15) is 0 Å². The lowest BCUT2D eigenvalue weighted by Crippen LogP contribution is -2.38. The average molecular weight is 530 g/mol. The highest BCUT2D eigenvalue weighted by Gasteiger charge is 2.40. The molecular weight excluding hydrogens is 494 g/mol. The topological polar surface area (TPSA) is 93.1 Å². The normalized spacial score (nSPS) is 17.1. The fraction of sp³-hybridized carbons (Fsp3) is 0.344. The molecule has 3 aromatic carbocycles. The van der Waals surface area contributed by atoms with Crippen LogP contribution in [0.1, 0.15) is 47.3 Å². The number of aliphatic carboxylic acids is 1. The lowest BCUT2D eigenvalue weighted by molar-refractivity contribution is -0.152. The number of Topliss-reactive ketones (excluding diaryl/α,β-unsaturated/α-hetero) is 1. The summed E-state index contributed by atoms with van der Waals surface area (Å²) in [6, 6.07) is 22.1. The first-order valence-electron chi connectivity index (χ1n) is 13.2. The number of carboxylic acid groups (broad SMARTS) is 1. The van der Waals surface area contributed by atoms with E-state index in [0.29, 0.717) is 43.0 Å². The Morgan fingerprint density at radius 2 is 1.51 bits per heavy atom. The highest BCUT2D eigenvalue weighted by molar-refractivity contribution is 5.98. The van der Waals surface area contributed by atoms with Crippen molar-refractivity contribution < 1.29 is 29.0 Å². The van der Waals surface area contributed by atoms with Crippen LogP contribution in [-0.2, 0) is 11.2 Å². The van der Waals surface area contributed by atoms with E-state index in [1.165, 1.54) is 13.8 Å². The summed E-state index contributed by atoms with van der Waals surface area (Å²) in [6.45, 7) is 7.60. The molecule has 0 bridgehead atoms. The van der Waals surface area contributed by atoms with Crippen molar-refractivity contribution in [2.75, 3.05) is 13.1 Å². The van der Waals surface area contributed by atoms with Gasteiger partial charge in [0.1, 0.15) is 11.5 Å². The van der Waals surface area contributed by atoms with Crippen LogP contribution in [0.5, 0.6) is 11.5 Å². The first-order valence-corrected chi connectivity index (χ1v) is 13.2. The lowest BCUT2D eigenvalue weighted by Gasteiger charge is -2.25. The molecule has 0 saturated carbocycles. The Labute approximate surface area is 229 Å². The van der Waals surface area contributed by atoms with Crippen molar-refractivity contribution in [3.63, 3.8) is 0 Å². The quantitative estimate of drug-likeness (QED) is 0.336. The van der Waals surface area contributed by atoms with Crippen LogP contribution in [0, 0.1) is 25.7 Å². The van der Waals surface area contributed by atoms with Crippen molar-refractivity contribution in [1.29, 1.82) is 0 Å². The molecule has 39 heavy (non-hydrogen) atoms. The Morgan fingerprint density at radius 3 is 2.10 bits per heavy atom. The predicted octanol–water partition coefficient (Wildman–Crippen LogP) is 6.11. The Morgan fingerprint density at radius 1 is 0.923 bits per heavy atom. The number of hydrogen-bond acceptors (Lipinski definition) is 5. The smallest absolute Gasteiger partial charge is 0.415 e. The van der Waals surface area contributed by atoms with E-state index in [1.807, 2.05) is 62.4 Å². The van der Waals surface area contributed by atoms with Crippen molar-refractivity contribution in [3.05, 3.63) is 95.1 Å². The van der Waals surface area contributed by atoms with Gasteiger partial charge < -0.3 is 19.5 Å².